The lowest BCUT2D eigenvalue weighted by molar-refractivity contribution is 0.0652. The van der Waals surface area contributed by atoms with Gasteiger partial charge in [0.1, 0.15) is 13.2 Å². The average Bonchev–Trinajstić information content (AvgIpc) is 2.99. The lowest BCUT2D eigenvalue weighted by Crippen LogP contribution is -2.30. The van der Waals surface area contributed by atoms with Crippen molar-refractivity contribution in [2.24, 2.45) is 0 Å². The Hall–Kier alpha value is -3.35. The Labute approximate surface area is 168 Å². The van der Waals surface area contributed by atoms with Crippen molar-refractivity contribution in [3.8, 4) is 11.5 Å². The van der Waals surface area contributed by atoms with Gasteiger partial charge in [0.15, 0.2) is 11.5 Å². The second kappa shape index (κ2) is 7.95. The van der Waals surface area contributed by atoms with Crippen LogP contribution in [0.25, 0.3) is 0 Å². The fourth-order valence-corrected chi connectivity index (χ4v) is 3.43. The van der Waals surface area contributed by atoms with Crippen LogP contribution in [-0.4, -0.2) is 42.4 Å². The summed E-state index contributed by atoms with van der Waals surface area (Å²) in [5.74, 6) is 0.425. The number of carbonyl (C=O) groups is 3. The van der Waals surface area contributed by atoms with Crippen LogP contribution in [0.1, 0.15) is 56.4 Å². The zero-order valence-corrected chi connectivity index (χ0v) is 16.2. The van der Waals surface area contributed by atoms with Crippen molar-refractivity contribution in [1.82, 2.24) is 10.2 Å². The second-order valence-corrected chi connectivity index (χ2v) is 7.04. The van der Waals surface area contributed by atoms with Crippen LogP contribution in [0.4, 0.5) is 0 Å². The molecule has 0 bridgehead atoms. The standard InChI is InChI=1S/C22H22N2O5/c1-2-3-8-24-21(26)16-6-5-15(12-17(16)22(24)27)20(25)23-13-14-4-7-18-19(11-14)29-10-9-28-18/h4-7,11-12H,2-3,8-10,13H2,1H3,(H,23,25). The fraction of sp³-hybridized carbons (Fsp3) is 0.318. The molecule has 0 radical (unpaired) electrons. The van der Waals surface area contributed by atoms with E-state index in [2.05, 4.69) is 5.32 Å². The maximum atomic E-state index is 12.6. The van der Waals surface area contributed by atoms with Crippen LogP contribution in [0.3, 0.4) is 0 Å². The lowest BCUT2D eigenvalue weighted by atomic mass is 10.1. The molecule has 0 aromatic heterocycles. The fourth-order valence-electron chi connectivity index (χ4n) is 3.43. The largest absolute Gasteiger partial charge is 0.486 e. The molecule has 7 nitrogen and oxygen atoms in total. The van der Waals surface area contributed by atoms with Gasteiger partial charge in [-0.25, -0.2) is 0 Å². The third-order valence-corrected chi connectivity index (χ3v) is 5.03. The van der Waals surface area contributed by atoms with Crippen LogP contribution in [0, 0.1) is 0 Å². The molecule has 4 rings (SSSR count). The number of amides is 3. The van der Waals surface area contributed by atoms with E-state index in [-0.39, 0.29) is 23.3 Å². The number of nitrogens with one attached hydrogen (secondary N) is 1. The topological polar surface area (TPSA) is 84.9 Å². The van der Waals surface area contributed by atoms with Crippen LogP contribution in [0.2, 0.25) is 0 Å². The van der Waals surface area contributed by atoms with Crippen LogP contribution in [-0.2, 0) is 6.54 Å². The van der Waals surface area contributed by atoms with Crippen molar-refractivity contribution in [3.63, 3.8) is 0 Å². The number of nitrogens with zero attached hydrogens (tertiary/aromatic N) is 1. The molecule has 2 aliphatic rings. The molecule has 2 aromatic rings. The highest BCUT2D eigenvalue weighted by Crippen LogP contribution is 2.30. The molecule has 0 saturated carbocycles. The minimum atomic E-state index is -0.333. The summed E-state index contributed by atoms with van der Waals surface area (Å²) in [5.41, 5.74) is 1.87. The van der Waals surface area contributed by atoms with E-state index in [9.17, 15) is 14.4 Å². The molecule has 2 aromatic carbocycles. The smallest absolute Gasteiger partial charge is 0.261 e. The maximum absolute atomic E-state index is 12.6. The lowest BCUT2D eigenvalue weighted by Gasteiger charge is -2.19. The van der Waals surface area contributed by atoms with Crippen LogP contribution in [0.15, 0.2) is 36.4 Å². The van der Waals surface area contributed by atoms with Crippen molar-refractivity contribution in [2.45, 2.75) is 26.3 Å². The molecule has 0 unspecified atom stereocenters. The highest BCUT2D eigenvalue weighted by atomic mass is 16.6. The Kier molecular flexibility index (Phi) is 5.20. The van der Waals surface area contributed by atoms with Gasteiger partial charge in [-0.15, -0.1) is 0 Å². The second-order valence-electron chi connectivity index (χ2n) is 7.04. The number of hydrogen-bond donors (Lipinski definition) is 1. The summed E-state index contributed by atoms with van der Waals surface area (Å²) in [6, 6.07) is 10.2. The van der Waals surface area contributed by atoms with Gasteiger partial charge in [-0.3, -0.25) is 19.3 Å². The highest BCUT2D eigenvalue weighted by Gasteiger charge is 2.35. The molecule has 0 atom stereocenters. The van der Waals surface area contributed by atoms with Gasteiger partial charge in [0.05, 0.1) is 11.1 Å². The van der Waals surface area contributed by atoms with E-state index in [1.807, 2.05) is 25.1 Å². The Morgan fingerprint density at radius 3 is 2.55 bits per heavy atom. The molecule has 1 N–H and O–H groups in total. The zero-order valence-electron chi connectivity index (χ0n) is 16.2. The first-order chi connectivity index (χ1) is 14.1. The number of unbranched alkanes of at least 4 members (excludes halogenated alkanes) is 1. The first-order valence-corrected chi connectivity index (χ1v) is 9.75. The minimum Gasteiger partial charge on any atom is -0.486 e. The summed E-state index contributed by atoms with van der Waals surface area (Å²) < 4.78 is 11.0. The molecule has 7 heteroatoms. The Morgan fingerprint density at radius 2 is 1.76 bits per heavy atom. The highest BCUT2D eigenvalue weighted by molar-refractivity contribution is 6.22. The van der Waals surface area contributed by atoms with Gasteiger partial charge in [0.25, 0.3) is 17.7 Å². The Balaban J connectivity index is 1.45. The van der Waals surface area contributed by atoms with E-state index in [0.717, 1.165) is 18.4 Å². The van der Waals surface area contributed by atoms with Crippen molar-refractivity contribution in [3.05, 3.63) is 58.7 Å². The molecule has 0 fully saturated rings. The number of carbonyl (C=O) groups excluding carboxylic acids is 3. The summed E-state index contributed by atoms with van der Waals surface area (Å²) >= 11 is 0. The third kappa shape index (κ3) is 3.68. The van der Waals surface area contributed by atoms with Crippen LogP contribution in [0.5, 0.6) is 11.5 Å². The first kappa shape index (κ1) is 19.0. The summed E-state index contributed by atoms with van der Waals surface area (Å²) in [7, 11) is 0. The number of rotatable bonds is 6. The molecule has 0 spiro atoms. The quantitative estimate of drug-likeness (QED) is 0.762. The van der Waals surface area contributed by atoms with Crippen molar-refractivity contribution in [1.29, 1.82) is 0 Å². The molecule has 2 aliphatic heterocycles. The Morgan fingerprint density at radius 1 is 1.00 bits per heavy atom. The molecular formula is C22H22N2O5. The van der Waals surface area contributed by atoms with Gasteiger partial charge >= 0.3 is 0 Å². The molecular weight excluding hydrogens is 372 g/mol. The van der Waals surface area contributed by atoms with Gasteiger partial charge in [-0.05, 0) is 42.3 Å². The van der Waals surface area contributed by atoms with Crippen LogP contribution >= 0.6 is 0 Å². The summed E-state index contributed by atoms with van der Waals surface area (Å²) in [4.78, 5) is 38.8. The van der Waals surface area contributed by atoms with Crippen molar-refractivity contribution < 1.29 is 23.9 Å². The summed E-state index contributed by atoms with van der Waals surface area (Å²) in [5, 5.41) is 2.84. The maximum Gasteiger partial charge on any atom is 0.261 e. The first-order valence-electron chi connectivity index (χ1n) is 9.75. The molecule has 0 aliphatic carbocycles. The number of benzene rings is 2. The summed E-state index contributed by atoms with van der Waals surface area (Å²) in [6.07, 6.45) is 1.65. The number of fused-ring (bicyclic) bond motifs is 2. The average molecular weight is 394 g/mol. The van der Waals surface area contributed by atoms with Gasteiger partial charge in [0, 0.05) is 18.7 Å². The predicted octanol–water partition coefficient (Wildman–Crippen LogP) is 2.78. The van der Waals surface area contributed by atoms with E-state index < -0.39 is 0 Å². The van der Waals surface area contributed by atoms with Gasteiger partial charge < -0.3 is 14.8 Å². The van der Waals surface area contributed by atoms with Gasteiger partial charge in [-0.2, -0.15) is 0 Å². The van der Waals surface area contributed by atoms with E-state index in [1.165, 1.54) is 11.0 Å². The van der Waals surface area contributed by atoms with Crippen molar-refractivity contribution in [2.75, 3.05) is 19.8 Å². The minimum absolute atomic E-state index is 0.290. The van der Waals surface area contributed by atoms with E-state index in [1.54, 1.807) is 12.1 Å². The molecule has 2 heterocycles. The SMILES string of the molecule is CCCCN1C(=O)c2ccc(C(=O)NCc3ccc4c(c3)OCCO4)cc2C1=O. The number of hydrogen-bond acceptors (Lipinski definition) is 5. The monoisotopic (exact) mass is 394 g/mol. The Bertz CT molecular complexity index is 985. The van der Waals surface area contributed by atoms with E-state index in [4.69, 9.17) is 9.47 Å². The molecule has 0 saturated heterocycles. The van der Waals surface area contributed by atoms with E-state index >= 15 is 0 Å². The predicted molar refractivity (Wildman–Crippen MR) is 105 cm³/mol. The third-order valence-electron chi connectivity index (χ3n) is 5.03. The van der Waals surface area contributed by atoms with Crippen molar-refractivity contribution >= 4 is 17.7 Å². The van der Waals surface area contributed by atoms with Gasteiger partial charge in [0.2, 0.25) is 0 Å². The molecule has 29 heavy (non-hydrogen) atoms. The normalized spacial score (nSPS) is 14.7. The number of imide groups is 1. The molecule has 3 amide bonds. The zero-order chi connectivity index (χ0) is 20.4. The summed E-state index contributed by atoms with van der Waals surface area (Å²) in [6.45, 7) is 3.73. The number of ether oxygens (including phenoxy) is 2. The van der Waals surface area contributed by atoms with Gasteiger partial charge in [-0.1, -0.05) is 19.4 Å². The van der Waals surface area contributed by atoms with E-state index in [0.29, 0.717) is 48.9 Å². The molecule has 150 valence electrons. The van der Waals surface area contributed by atoms with Crippen LogP contribution < -0.4 is 14.8 Å².